The molecule has 1 aromatic rings. The van der Waals surface area contributed by atoms with Crippen LogP contribution in [0.25, 0.3) is 0 Å². The number of aromatic nitrogens is 1. The highest BCUT2D eigenvalue weighted by Gasteiger charge is 2.31. The van der Waals surface area contributed by atoms with Gasteiger partial charge in [-0.2, -0.15) is 0 Å². The van der Waals surface area contributed by atoms with Gasteiger partial charge in [-0.3, -0.25) is 9.79 Å². The first-order chi connectivity index (χ1) is 13.7. The Morgan fingerprint density at radius 3 is 2.82 bits per heavy atom. The maximum absolute atomic E-state index is 12.8. The molecule has 2 N–H and O–H groups in total. The number of hydrogen-bond donors (Lipinski definition) is 2. The predicted octanol–water partition coefficient (Wildman–Crippen LogP) is 2.98. The summed E-state index contributed by atoms with van der Waals surface area (Å²) in [5.74, 6) is 1.49. The molecule has 0 radical (unpaired) electrons. The molecule has 1 unspecified atom stereocenters. The van der Waals surface area contributed by atoms with Gasteiger partial charge in [0.15, 0.2) is 5.96 Å². The van der Waals surface area contributed by atoms with E-state index in [0.717, 1.165) is 69.3 Å². The van der Waals surface area contributed by atoms with Gasteiger partial charge in [0, 0.05) is 55.6 Å². The standard InChI is InChI=1S/C21H35N5OS/c1-3-18-14-24-19(28-18)10-12-23-21(22-4-2)25-17-11-13-26(15-17)20(27)16-8-6-5-7-9-16/h14,16-17H,3-13,15H2,1-2H3,(H2,22,23,25). The Bertz CT molecular complexity index is 653. The Labute approximate surface area is 173 Å². The number of rotatable bonds is 7. The molecule has 1 aromatic heterocycles. The van der Waals surface area contributed by atoms with E-state index < -0.39 is 0 Å². The van der Waals surface area contributed by atoms with Gasteiger partial charge in [0.05, 0.1) is 5.01 Å². The highest BCUT2D eigenvalue weighted by Crippen LogP contribution is 2.26. The molecule has 6 nitrogen and oxygen atoms in total. The molecule has 1 aliphatic heterocycles. The van der Waals surface area contributed by atoms with Gasteiger partial charge in [-0.05, 0) is 32.6 Å². The number of amides is 1. The molecule has 28 heavy (non-hydrogen) atoms. The lowest BCUT2D eigenvalue weighted by Crippen LogP contribution is -2.45. The molecule has 1 saturated carbocycles. The second-order valence-electron chi connectivity index (χ2n) is 7.83. The van der Waals surface area contributed by atoms with Crippen LogP contribution in [0.3, 0.4) is 0 Å². The van der Waals surface area contributed by atoms with Crippen molar-refractivity contribution in [3.05, 3.63) is 16.1 Å². The SMILES string of the molecule is CCNC(=NCCc1ncc(CC)s1)NC1CCN(C(=O)C2CCCCC2)C1. The topological polar surface area (TPSA) is 69.6 Å². The van der Waals surface area contributed by atoms with Crippen LogP contribution in [0.15, 0.2) is 11.2 Å². The second-order valence-corrected chi connectivity index (χ2v) is 9.03. The molecule has 2 aliphatic rings. The molecular weight excluding hydrogens is 370 g/mol. The van der Waals surface area contributed by atoms with Gasteiger partial charge < -0.3 is 15.5 Å². The molecule has 1 atom stereocenters. The van der Waals surface area contributed by atoms with E-state index in [9.17, 15) is 4.79 Å². The zero-order valence-electron chi connectivity index (χ0n) is 17.4. The summed E-state index contributed by atoms with van der Waals surface area (Å²) in [6.45, 7) is 7.47. The number of guanidine groups is 1. The van der Waals surface area contributed by atoms with Crippen molar-refractivity contribution in [2.24, 2.45) is 10.9 Å². The minimum Gasteiger partial charge on any atom is -0.357 e. The molecule has 1 saturated heterocycles. The smallest absolute Gasteiger partial charge is 0.225 e. The number of carbonyl (C=O) groups excluding carboxylic acids is 1. The number of nitrogens with zero attached hydrogens (tertiary/aromatic N) is 3. The third-order valence-corrected chi connectivity index (χ3v) is 6.89. The highest BCUT2D eigenvalue weighted by molar-refractivity contribution is 7.11. The summed E-state index contributed by atoms with van der Waals surface area (Å²) in [4.78, 5) is 25.4. The number of likely N-dealkylation sites (tertiary alicyclic amines) is 1. The number of carbonyl (C=O) groups is 1. The molecule has 0 spiro atoms. The van der Waals surface area contributed by atoms with Crippen molar-refractivity contribution >= 4 is 23.2 Å². The molecule has 1 amide bonds. The van der Waals surface area contributed by atoms with Crippen LogP contribution in [-0.4, -0.2) is 54.0 Å². The average Bonchev–Trinajstić information content (AvgIpc) is 3.38. The maximum atomic E-state index is 12.8. The lowest BCUT2D eigenvalue weighted by Gasteiger charge is -2.26. The maximum Gasteiger partial charge on any atom is 0.225 e. The fourth-order valence-electron chi connectivity index (χ4n) is 4.09. The molecule has 3 rings (SSSR count). The second kappa shape index (κ2) is 10.8. The van der Waals surface area contributed by atoms with Crippen molar-refractivity contribution in [1.82, 2.24) is 20.5 Å². The lowest BCUT2D eigenvalue weighted by atomic mass is 9.88. The fourth-order valence-corrected chi connectivity index (χ4v) is 4.94. The van der Waals surface area contributed by atoms with Gasteiger partial charge in [0.2, 0.25) is 5.91 Å². The third kappa shape index (κ3) is 5.93. The Kier molecular flexibility index (Phi) is 8.13. The van der Waals surface area contributed by atoms with Gasteiger partial charge in [-0.15, -0.1) is 11.3 Å². The summed E-state index contributed by atoms with van der Waals surface area (Å²) in [6, 6.07) is 0.289. The predicted molar refractivity (Wildman–Crippen MR) is 116 cm³/mol. The van der Waals surface area contributed by atoms with Crippen molar-refractivity contribution in [3.63, 3.8) is 0 Å². The van der Waals surface area contributed by atoms with Gasteiger partial charge >= 0.3 is 0 Å². The fraction of sp³-hybridized carbons (Fsp3) is 0.762. The van der Waals surface area contributed by atoms with Crippen LogP contribution >= 0.6 is 11.3 Å². The average molecular weight is 406 g/mol. The van der Waals surface area contributed by atoms with E-state index in [1.165, 1.54) is 24.1 Å². The largest absolute Gasteiger partial charge is 0.357 e. The highest BCUT2D eigenvalue weighted by atomic mass is 32.1. The molecule has 7 heteroatoms. The molecule has 1 aliphatic carbocycles. The Hall–Kier alpha value is -1.63. The normalized spacial score (nSPS) is 21.1. The lowest BCUT2D eigenvalue weighted by molar-refractivity contribution is -0.135. The number of nitrogens with one attached hydrogen (secondary N) is 2. The van der Waals surface area contributed by atoms with Gasteiger partial charge in [0.25, 0.3) is 0 Å². The van der Waals surface area contributed by atoms with Gasteiger partial charge in [0.1, 0.15) is 0 Å². The van der Waals surface area contributed by atoms with Gasteiger partial charge in [-0.25, -0.2) is 4.98 Å². The zero-order chi connectivity index (χ0) is 19.8. The van der Waals surface area contributed by atoms with E-state index in [-0.39, 0.29) is 12.0 Å². The summed E-state index contributed by atoms with van der Waals surface area (Å²) >= 11 is 1.78. The molecule has 0 bridgehead atoms. The zero-order valence-corrected chi connectivity index (χ0v) is 18.2. The van der Waals surface area contributed by atoms with E-state index in [1.54, 1.807) is 11.3 Å². The summed E-state index contributed by atoms with van der Waals surface area (Å²) in [7, 11) is 0. The first-order valence-electron chi connectivity index (χ1n) is 11.0. The number of aryl methyl sites for hydroxylation is 1. The van der Waals surface area contributed by atoms with E-state index in [1.807, 2.05) is 6.20 Å². The molecule has 0 aromatic carbocycles. The Balaban J connectivity index is 1.47. The summed E-state index contributed by atoms with van der Waals surface area (Å²) in [5.41, 5.74) is 0. The van der Waals surface area contributed by atoms with Crippen molar-refractivity contribution < 1.29 is 4.79 Å². The molecule has 2 heterocycles. The Morgan fingerprint density at radius 1 is 1.29 bits per heavy atom. The quantitative estimate of drug-likeness (QED) is 0.540. The first-order valence-corrected chi connectivity index (χ1v) is 11.8. The van der Waals surface area contributed by atoms with Crippen LogP contribution < -0.4 is 10.6 Å². The number of aliphatic imine (C=N–C) groups is 1. The number of thiazole rings is 1. The molecule has 156 valence electrons. The van der Waals surface area contributed by atoms with Crippen LogP contribution in [0, 0.1) is 5.92 Å². The number of hydrogen-bond acceptors (Lipinski definition) is 4. The minimum absolute atomic E-state index is 0.265. The molecular formula is C21H35N5OS. The van der Waals surface area contributed by atoms with E-state index in [4.69, 9.17) is 4.99 Å². The van der Waals surface area contributed by atoms with Crippen molar-refractivity contribution in [2.75, 3.05) is 26.2 Å². The van der Waals surface area contributed by atoms with Crippen molar-refractivity contribution in [2.45, 2.75) is 71.3 Å². The van der Waals surface area contributed by atoms with Crippen LogP contribution in [0.1, 0.15) is 62.3 Å². The van der Waals surface area contributed by atoms with Crippen molar-refractivity contribution in [3.8, 4) is 0 Å². The van der Waals surface area contributed by atoms with E-state index >= 15 is 0 Å². The third-order valence-electron chi connectivity index (χ3n) is 5.68. The first kappa shape index (κ1) is 21.1. The van der Waals surface area contributed by atoms with E-state index in [0.29, 0.717) is 5.91 Å². The monoisotopic (exact) mass is 405 g/mol. The van der Waals surface area contributed by atoms with Crippen LogP contribution in [0.4, 0.5) is 0 Å². The van der Waals surface area contributed by atoms with Crippen LogP contribution in [0.5, 0.6) is 0 Å². The Morgan fingerprint density at radius 2 is 2.11 bits per heavy atom. The van der Waals surface area contributed by atoms with Crippen LogP contribution in [0.2, 0.25) is 0 Å². The summed E-state index contributed by atoms with van der Waals surface area (Å²) < 4.78 is 0. The van der Waals surface area contributed by atoms with E-state index in [2.05, 4.69) is 34.4 Å². The van der Waals surface area contributed by atoms with Gasteiger partial charge in [-0.1, -0.05) is 26.2 Å². The van der Waals surface area contributed by atoms with Crippen molar-refractivity contribution in [1.29, 1.82) is 0 Å². The van der Waals surface area contributed by atoms with Crippen LogP contribution in [-0.2, 0) is 17.6 Å². The summed E-state index contributed by atoms with van der Waals surface area (Å²) in [5, 5.41) is 8.03. The summed E-state index contributed by atoms with van der Waals surface area (Å²) in [6.07, 6.45) is 10.8. The molecule has 2 fully saturated rings. The minimum atomic E-state index is 0.265.